The van der Waals surface area contributed by atoms with Crippen LogP contribution in [0.5, 0.6) is 0 Å². The average Bonchev–Trinajstić information content (AvgIpc) is 2.82. The third-order valence-electron chi connectivity index (χ3n) is 3.08. The molecule has 0 bridgehead atoms. The SMILES string of the molecule is CSCc1nc(C(=O)Nc2oc(C)c(C(C)=O)c2C#N)cc(=O)[nH]1. The molecule has 1 amide bonds. The summed E-state index contributed by atoms with van der Waals surface area (Å²) in [7, 11) is 0. The first-order valence-corrected chi connectivity index (χ1v) is 8.21. The molecule has 8 nitrogen and oxygen atoms in total. The number of aryl methyl sites for hydroxylation is 1. The lowest BCUT2D eigenvalue weighted by molar-refractivity contribution is 0.100. The lowest BCUT2D eigenvalue weighted by Gasteiger charge is -2.04. The molecule has 0 saturated carbocycles. The number of anilines is 1. The van der Waals surface area contributed by atoms with Gasteiger partial charge in [0.25, 0.3) is 11.5 Å². The van der Waals surface area contributed by atoms with Gasteiger partial charge in [0.15, 0.2) is 5.78 Å². The highest BCUT2D eigenvalue weighted by molar-refractivity contribution is 7.97. The number of hydrogen-bond donors (Lipinski definition) is 2. The van der Waals surface area contributed by atoms with Crippen molar-refractivity contribution in [3.8, 4) is 6.07 Å². The molecule has 0 radical (unpaired) electrons. The molecule has 24 heavy (non-hydrogen) atoms. The summed E-state index contributed by atoms with van der Waals surface area (Å²) in [6.07, 6.45) is 1.83. The highest BCUT2D eigenvalue weighted by Crippen LogP contribution is 2.27. The van der Waals surface area contributed by atoms with E-state index in [4.69, 9.17) is 4.42 Å². The van der Waals surface area contributed by atoms with Crippen molar-refractivity contribution in [1.29, 1.82) is 5.26 Å². The molecule has 0 aliphatic rings. The van der Waals surface area contributed by atoms with Crippen LogP contribution in [0.1, 0.15) is 44.9 Å². The van der Waals surface area contributed by atoms with Crippen molar-refractivity contribution in [2.24, 2.45) is 0 Å². The lowest BCUT2D eigenvalue weighted by Crippen LogP contribution is -2.20. The maximum absolute atomic E-state index is 12.3. The fourth-order valence-electron chi connectivity index (χ4n) is 2.16. The van der Waals surface area contributed by atoms with Crippen LogP contribution in [0.2, 0.25) is 0 Å². The maximum atomic E-state index is 12.3. The van der Waals surface area contributed by atoms with E-state index < -0.39 is 11.5 Å². The minimum Gasteiger partial charge on any atom is -0.443 e. The molecular weight excluding hydrogens is 332 g/mol. The largest absolute Gasteiger partial charge is 0.443 e. The van der Waals surface area contributed by atoms with Crippen molar-refractivity contribution in [3.63, 3.8) is 0 Å². The van der Waals surface area contributed by atoms with Crippen LogP contribution in [-0.4, -0.2) is 27.9 Å². The van der Waals surface area contributed by atoms with E-state index in [1.165, 1.54) is 25.6 Å². The molecule has 0 aliphatic heterocycles. The van der Waals surface area contributed by atoms with Gasteiger partial charge in [0, 0.05) is 6.07 Å². The van der Waals surface area contributed by atoms with Gasteiger partial charge in [0.05, 0.1) is 11.3 Å². The molecule has 2 N–H and O–H groups in total. The summed E-state index contributed by atoms with van der Waals surface area (Å²) in [5.41, 5.74) is -0.498. The number of hydrogen-bond acceptors (Lipinski definition) is 7. The summed E-state index contributed by atoms with van der Waals surface area (Å²) in [6.45, 7) is 2.83. The van der Waals surface area contributed by atoms with Crippen molar-refractivity contribution in [2.45, 2.75) is 19.6 Å². The Hall–Kier alpha value is -2.86. The third kappa shape index (κ3) is 3.55. The van der Waals surface area contributed by atoms with Gasteiger partial charge in [0.1, 0.15) is 28.9 Å². The number of aromatic amines is 1. The fraction of sp³-hybridized carbons (Fsp3) is 0.267. The minimum atomic E-state index is -0.705. The second kappa shape index (κ2) is 7.14. The molecule has 0 aromatic carbocycles. The molecule has 0 atom stereocenters. The Morgan fingerprint density at radius 1 is 1.50 bits per heavy atom. The Morgan fingerprint density at radius 3 is 2.79 bits per heavy atom. The number of nitrogens with zero attached hydrogens (tertiary/aromatic N) is 2. The molecule has 0 aliphatic carbocycles. The number of ketones is 1. The summed E-state index contributed by atoms with van der Waals surface area (Å²) >= 11 is 1.44. The van der Waals surface area contributed by atoms with E-state index in [1.54, 1.807) is 0 Å². The summed E-state index contributed by atoms with van der Waals surface area (Å²) in [6, 6.07) is 2.89. The Balaban J connectivity index is 2.38. The van der Waals surface area contributed by atoms with E-state index in [-0.39, 0.29) is 34.2 Å². The number of Topliss-reactive ketones (excluding diaryl/α,β-unsaturated/α-hetero) is 1. The first-order chi connectivity index (χ1) is 11.4. The maximum Gasteiger partial charge on any atom is 0.276 e. The van der Waals surface area contributed by atoms with Crippen LogP contribution in [0.4, 0.5) is 5.88 Å². The van der Waals surface area contributed by atoms with Gasteiger partial charge in [-0.25, -0.2) is 4.98 Å². The molecule has 9 heteroatoms. The number of nitrogens with one attached hydrogen (secondary N) is 2. The molecule has 0 spiro atoms. The van der Waals surface area contributed by atoms with Crippen molar-refractivity contribution < 1.29 is 14.0 Å². The van der Waals surface area contributed by atoms with Gasteiger partial charge >= 0.3 is 0 Å². The summed E-state index contributed by atoms with van der Waals surface area (Å²) in [4.78, 5) is 42.1. The van der Waals surface area contributed by atoms with Gasteiger partial charge in [0.2, 0.25) is 5.88 Å². The van der Waals surface area contributed by atoms with Gasteiger partial charge in [-0.1, -0.05) is 0 Å². The number of H-pyrrole nitrogens is 1. The van der Waals surface area contributed by atoms with Crippen LogP contribution in [0, 0.1) is 18.3 Å². The molecule has 0 unspecified atom stereocenters. The molecular formula is C15H14N4O4S. The van der Waals surface area contributed by atoms with E-state index >= 15 is 0 Å². The number of carbonyl (C=O) groups excluding carboxylic acids is 2. The number of thioether (sulfide) groups is 1. The highest BCUT2D eigenvalue weighted by Gasteiger charge is 2.23. The van der Waals surface area contributed by atoms with E-state index in [1.807, 2.05) is 12.3 Å². The van der Waals surface area contributed by atoms with Gasteiger partial charge in [-0.15, -0.1) is 0 Å². The zero-order valence-electron chi connectivity index (χ0n) is 13.2. The molecule has 124 valence electrons. The molecule has 2 heterocycles. The summed E-state index contributed by atoms with van der Waals surface area (Å²) in [5.74, 6) is -0.155. The Bertz CT molecular complexity index is 907. The number of rotatable bonds is 5. The molecule has 0 saturated heterocycles. The first-order valence-electron chi connectivity index (χ1n) is 6.82. The fourth-order valence-corrected chi connectivity index (χ4v) is 2.57. The Labute approximate surface area is 141 Å². The van der Waals surface area contributed by atoms with Gasteiger partial charge < -0.3 is 9.40 Å². The first kappa shape index (κ1) is 17.5. The topological polar surface area (TPSA) is 129 Å². The van der Waals surface area contributed by atoms with Crippen LogP contribution in [0.3, 0.4) is 0 Å². The second-order valence-electron chi connectivity index (χ2n) is 4.87. The van der Waals surface area contributed by atoms with Crippen LogP contribution >= 0.6 is 11.8 Å². The van der Waals surface area contributed by atoms with E-state index in [0.29, 0.717) is 11.6 Å². The standard InChI is InChI=1S/C15H14N4O4S/c1-7(20)13-8(2)23-15(9(13)5-16)19-14(22)10-4-12(21)18-11(17-10)6-24-3/h4H,6H2,1-3H3,(H,19,22)(H,17,18,21). The molecule has 2 aromatic heterocycles. The molecule has 2 aromatic rings. The number of furan rings is 1. The Kier molecular flexibility index (Phi) is 5.21. The number of aromatic nitrogens is 2. The van der Waals surface area contributed by atoms with E-state index in [9.17, 15) is 19.6 Å². The predicted octanol–water partition coefficient (Wildman–Crippen LogP) is 1.86. The lowest BCUT2D eigenvalue weighted by atomic mass is 10.1. The highest BCUT2D eigenvalue weighted by atomic mass is 32.2. The van der Waals surface area contributed by atoms with Crippen LogP contribution in [0.25, 0.3) is 0 Å². The zero-order chi connectivity index (χ0) is 17.9. The van der Waals surface area contributed by atoms with Crippen molar-refractivity contribution in [3.05, 3.63) is 44.8 Å². The average molecular weight is 346 g/mol. The van der Waals surface area contributed by atoms with E-state index in [0.717, 1.165) is 6.07 Å². The monoisotopic (exact) mass is 346 g/mol. The molecule has 2 rings (SSSR count). The summed E-state index contributed by atoms with van der Waals surface area (Å²) < 4.78 is 5.31. The van der Waals surface area contributed by atoms with Gasteiger partial charge in [-0.3, -0.25) is 19.7 Å². The van der Waals surface area contributed by atoms with Crippen molar-refractivity contribution >= 4 is 29.3 Å². The number of amides is 1. The normalized spacial score (nSPS) is 10.2. The van der Waals surface area contributed by atoms with Gasteiger partial charge in [-0.05, 0) is 20.1 Å². The summed E-state index contributed by atoms with van der Waals surface area (Å²) in [5, 5.41) is 11.6. The zero-order valence-corrected chi connectivity index (χ0v) is 14.0. The van der Waals surface area contributed by atoms with Crippen LogP contribution in [-0.2, 0) is 5.75 Å². The number of carbonyl (C=O) groups is 2. The minimum absolute atomic E-state index is 0.0532. The number of nitriles is 1. The second-order valence-corrected chi connectivity index (χ2v) is 5.74. The van der Waals surface area contributed by atoms with Crippen molar-refractivity contribution in [2.75, 3.05) is 11.6 Å². The third-order valence-corrected chi connectivity index (χ3v) is 3.64. The van der Waals surface area contributed by atoms with Gasteiger partial charge in [-0.2, -0.15) is 17.0 Å². The van der Waals surface area contributed by atoms with Crippen molar-refractivity contribution in [1.82, 2.24) is 9.97 Å². The quantitative estimate of drug-likeness (QED) is 0.790. The van der Waals surface area contributed by atoms with Crippen LogP contribution in [0.15, 0.2) is 15.3 Å². The molecule has 0 fully saturated rings. The van der Waals surface area contributed by atoms with E-state index in [2.05, 4.69) is 15.3 Å². The van der Waals surface area contributed by atoms with Crippen LogP contribution < -0.4 is 10.9 Å². The predicted molar refractivity (Wildman–Crippen MR) is 88.2 cm³/mol. The Morgan fingerprint density at radius 2 is 2.21 bits per heavy atom. The smallest absolute Gasteiger partial charge is 0.276 e.